The number of carbonyl (C=O) groups is 1. The fourth-order valence-corrected chi connectivity index (χ4v) is 2.40. The summed E-state index contributed by atoms with van der Waals surface area (Å²) in [5.74, 6) is 0.0667. The van der Waals surface area contributed by atoms with Crippen molar-refractivity contribution in [1.82, 2.24) is 0 Å². The van der Waals surface area contributed by atoms with E-state index in [9.17, 15) is 4.79 Å². The van der Waals surface area contributed by atoms with Crippen LogP contribution in [0.2, 0.25) is 0 Å². The number of rotatable bonds is 3. The second-order valence-electron chi connectivity index (χ2n) is 4.81. The van der Waals surface area contributed by atoms with Crippen molar-refractivity contribution in [3.63, 3.8) is 0 Å². The number of nitrogens with two attached hydrogens (primary N) is 2. The van der Waals surface area contributed by atoms with Crippen LogP contribution in [0.3, 0.4) is 0 Å². The van der Waals surface area contributed by atoms with Crippen molar-refractivity contribution in [3.05, 3.63) is 23.8 Å². The van der Waals surface area contributed by atoms with Crippen molar-refractivity contribution in [2.75, 3.05) is 5.73 Å². The molecule has 0 atom stereocenters. The summed E-state index contributed by atoms with van der Waals surface area (Å²) in [6, 6.07) is 5.17. The van der Waals surface area contributed by atoms with Crippen molar-refractivity contribution >= 4 is 11.6 Å². The highest BCUT2D eigenvalue weighted by Gasteiger charge is 2.17. The molecule has 1 saturated carbocycles. The summed E-state index contributed by atoms with van der Waals surface area (Å²) in [6.45, 7) is 0. The third-order valence-electron chi connectivity index (χ3n) is 3.43. The molecule has 2 rings (SSSR count). The van der Waals surface area contributed by atoms with Crippen LogP contribution >= 0.6 is 0 Å². The van der Waals surface area contributed by atoms with Crippen LogP contribution in [0, 0.1) is 0 Å². The van der Waals surface area contributed by atoms with Crippen molar-refractivity contribution in [1.29, 1.82) is 0 Å². The predicted octanol–water partition coefficient (Wildman–Crippen LogP) is 2.47. The zero-order valence-corrected chi connectivity index (χ0v) is 10.5. The highest BCUT2D eigenvalue weighted by atomic mass is 16.5. The van der Waals surface area contributed by atoms with Gasteiger partial charge in [-0.2, -0.15) is 0 Å². The Bertz CT molecular complexity index is 424. The normalized spacial score (nSPS) is 17.1. The van der Waals surface area contributed by atoms with Gasteiger partial charge in [0, 0.05) is 0 Å². The molecule has 18 heavy (non-hydrogen) atoms. The van der Waals surface area contributed by atoms with Gasteiger partial charge in [-0.25, -0.2) is 0 Å². The van der Waals surface area contributed by atoms with Gasteiger partial charge in [0.2, 0.25) is 0 Å². The maximum absolute atomic E-state index is 11.2. The molecule has 0 spiro atoms. The van der Waals surface area contributed by atoms with E-state index in [1.54, 1.807) is 18.2 Å². The highest BCUT2D eigenvalue weighted by Crippen LogP contribution is 2.29. The average molecular weight is 248 g/mol. The Labute approximate surface area is 107 Å². The maximum Gasteiger partial charge on any atom is 0.250 e. The van der Waals surface area contributed by atoms with E-state index in [1.165, 1.54) is 25.7 Å². The fourth-order valence-electron chi connectivity index (χ4n) is 2.40. The molecule has 1 aromatic carbocycles. The van der Waals surface area contributed by atoms with E-state index < -0.39 is 5.91 Å². The molecule has 4 heteroatoms. The minimum Gasteiger partial charge on any atom is -0.488 e. The Morgan fingerprint density at radius 2 is 1.83 bits per heavy atom. The molecular formula is C14H20N2O2. The van der Waals surface area contributed by atoms with E-state index >= 15 is 0 Å². The molecule has 4 nitrogen and oxygen atoms in total. The number of para-hydroxylation sites is 1. The lowest BCUT2D eigenvalue weighted by atomic mass is 10.1. The standard InChI is InChI=1S/C14H20N2O2/c15-13-11(14(16)17)8-5-9-12(13)18-10-6-3-1-2-4-7-10/h5,8-10H,1-4,6-7,15H2,(H2,16,17). The first-order valence-corrected chi connectivity index (χ1v) is 6.53. The Morgan fingerprint density at radius 1 is 1.17 bits per heavy atom. The van der Waals surface area contributed by atoms with Crippen LogP contribution in [0.1, 0.15) is 48.9 Å². The summed E-state index contributed by atoms with van der Waals surface area (Å²) in [5, 5.41) is 0. The SMILES string of the molecule is NC(=O)c1cccc(OC2CCCCCC2)c1N. The summed E-state index contributed by atoms with van der Waals surface area (Å²) < 4.78 is 5.92. The lowest BCUT2D eigenvalue weighted by molar-refractivity contribution is 0.1000. The van der Waals surface area contributed by atoms with Crippen LogP contribution in [-0.2, 0) is 0 Å². The number of amides is 1. The second kappa shape index (κ2) is 5.76. The molecule has 1 aliphatic carbocycles. The zero-order valence-electron chi connectivity index (χ0n) is 10.5. The van der Waals surface area contributed by atoms with E-state index in [-0.39, 0.29) is 6.10 Å². The van der Waals surface area contributed by atoms with E-state index in [0.717, 1.165) is 12.8 Å². The number of benzene rings is 1. The van der Waals surface area contributed by atoms with E-state index in [0.29, 0.717) is 17.0 Å². The van der Waals surface area contributed by atoms with Crippen molar-refractivity contribution in [3.8, 4) is 5.75 Å². The van der Waals surface area contributed by atoms with E-state index in [4.69, 9.17) is 16.2 Å². The zero-order chi connectivity index (χ0) is 13.0. The third-order valence-corrected chi connectivity index (χ3v) is 3.43. The summed E-state index contributed by atoms with van der Waals surface area (Å²) in [7, 11) is 0. The number of ether oxygens (including phenoxy) is 1. The number of carbonyl (C=O) groups excluding carboxylic acids is 1. The Balaban J connectivity index is 2.13. The van der Waals surface area contributed by atoms with E-state index in [1.807, 2.05) is 0 Å². The molecule has 98 valence electrons. The van der Waals surface area contributed by atoms with Crippen LogP contribution in [0.4, 0.5) is 5.69 Å². The van der Waals surface area contributed by atoms with Gasteiger partial charge >= 0.3 is 0 Å². The largest absolute Gasteiger partial charge is 0.488 e. The number of anilines is 1. The molecule has 4 N–H and O–H groups in total. The predicted molar refractivity (Wildman–Crippen MR) is 71.5 cm³/mol. The first-order valence-electron chi connectivity index (χ1n) is 6.53. The Kier molecular flexibility index (Phi) is 4.07. The van der Waals surface area contributed by atoms with Gasteiger partial charge in [-0.1, -0.05) is 18.9 Å². The first kappa shape index (κ1) is 12.7. The summed E-state index contributed by atoms with van der Waals surface area (Å²) in [5.41, 5.74) is 11.9. The molecule has 0 aliphatic heterocycles. The molecule has 1 aliphatic rings. The molecule has 1 amide bonds. The smallest absolute Gasteiger partial charge is 0.250 e. The topological polar surface area (TPSA) is 78.3 Å². The molecule has 0 unspecified atom stereocenters. The Morgan fingerprint density at radius 3 is 2.44 bits per heavy atom. The molecule has 1 fully saturated rings. The van der Waals surface area contributed by atoms with Crippen LogP contribution in [0.5, 0.6) is 5.75 Å². The van der Waals surface area contributed by atoms with Gasteiger partial charge in [0.15, 0.2) is 0 Å². The number of nitrogen functional groups attached to an aromatic ring is 1. The minimum atomic E-state index is -0.515. The molecule has 0 saturated heterocycles. The molecule has 0 aromatic heterocycles. The lowest BCUT2D eigenvalue weighted by Gasteiger charge is -2.19. The molecule has 0 bridgehead atoms. The highest BCUT2D eigenvalue weighted by molar-refractivity contribution is 5.99. The van der Waals surface area contributed by atoms with Crippen LogP contribution in [-0.4, -0.2) is 12.0 Å². The quantitative estimate of drug-likeness (QED) is 0.637. The fraction of sp³-hybridized carbons (Fsp3) is 0.500. The average Bonchev–Trinajstić information content (AvgIpc) is 2.60. The molecule has 1 aromatic rings. The molecule has 0 heterocycles. The van der Waals surface area contributed by atoms with Gasteiger partial charge < -0.3 is 16.2 Å². The second-order valence-corrected chi connectivity index (χ2v) is 4.81. The van der Waals surface area contributed by atoms with Gasteiger partial charge in [-0.15, -0.1) is 0 Å². The van der Waals surface area contributed by atoms with E-state index in [2.05, 4.69) is 0 Å². The summed E-state index contributed by atoms with van der Waals surface area (Å²) >= 11 is 0. The third kappa shape index (κ3) is 2.94. The number of primary amides is 1. The van der Waals surface area contributed by atoms with Crippen LogP contribution in [0.15, 0.2) is 18.2 Å². The van der Waals surface area contributed by atoms with Gasteiger partial charge in [-0.3, -0.25) is 4.79 Å². The number of hydrogen-bond donors (Lipinski definition) is 2. The maximum atomic E-state index is 11.2. The van der Waals surface area contributed by atoms with Gasteiger partial charge in [0.05, 0.1) is 17.4 Å². The Hall–Kier alpha value is -1.71. The summed E-state index contributed by atoms with van der Waals surface area (Å²) in [4.78, 5) is 11.2. The van der Waals surface area contributed by atoms with Crippen LogP contribution < -0.4 is 16.2 Å². The lowest BCUT2D eigenvalue weighted by Crippen LogP contribution is -2.18. The van der Waals surface area contributed by atoms with Crippen molar-refractivity contribution in [2.24, 2.45) is 5.73 Å². The van der Waals surface area contributed by atoms with Crippen molar-refractivity contribution < 1.29 is 9.53 Å². The molecule has 0 radical (unpaired) electrons. The van der Waals surface area contributed by atoms with Gasteiger partial charge in [-0.05, 0) is 37.8 Å². The van der Waals surface area contributed by atoms with Crippen molar-refractivity contribution in [2.45, 2.75) is 44.6 Å². The number of hydrogen-bond acceptors (Lipinski definition) is 3. The summed E-state index contributed by atoms with van der Waals surface area (Å²) in [6.07, 6.45) is 7.26. The first-order chi connectivity index (χ1) is 8.68. The molecular weight excluding hydrogens is 228 g/mol. The van der Waals surface area contributed by atoms with Crippen LogP contribution in [0.25, 0.3) is 0 Å². The van der Waals surface area contributed by atoms with Gasteiger partial charge in [0.1, 0.15) is 5.75 Å². The monoisotopic (exact) mass is 248 g/mol. The minimum absolute atomic E-state index is 0.206. The van der Waals surface area contributed by atoms with Gasteiger partial charge in [0.25, 0.3) is 5.91 Å².